The van der Waals surface area contributed by atoms with Crippen molar-refractivity contribution in [2.24, 2.45) is 0 Å². The highest BCUT2D eigenvalue weighted by atomic mass is 16.6. The molecule has 0 rings (SSSR count). The van der Waals surface area contributed by atoms with E-state index in [0.717, 1.165) is 83.5 Å². The highest BCUT2D eigenvalue weighted by Crippen LogP contribution is 2.12. The Balaban J connectivity index is 3.61. The third kappa shape index (κ3) is 40.0. The second-order valence-electron chi connectivity index (χ2n) is 13.7. The first-order valence-electron chi connectivity index (χ1n) is 21.0. The lowest BCUT2D eigenvalue weighted by Crippen LogP contribution is -2.28. The molecule has 5 nitrogen and oxygen atoms in total. The fraction of sp³-hybridized carbons (Fsp3) is 0.696. The number of hydrogen-bond donors (Lipinski definition) is 1. The van der Waals surface area contributed by atoms with Gasteiger partial charge in [-0.05, 0) is 83.5 Å². The molecular formula is C46H78O5. The number of hydrogen-bond acceptors (Lipinski definition) is 5. The van der Waals surface area contributed by atoms with Gasteiger partial charge in [-0.1, -0.05) is 164 Å². The quantitative estimate of drug-likeness (QED) is 0.0395. The standard InChI is InChI=1S/C46H78O5/c1-3-5-7-9-11-13-15-17-19-20-21-22-23-24-25-26-27-29-31-33-35-37-39-41-46(49)51-44(42-47)43-50-45(48)40-38-36-34-32-30-28-18-16-14-12-10-8-6-4-2/h5,7,11,13,16-19,21-22,24-25,44,47H,3-4,6,8-10,12,14-15,20,23,26-43H2,1-2H3/b7-5-,13-11-,18-16-,19-17-,22-21-,25-24-. The van der Waals surface area contributed by atoms with Crippen LogP contribution in [-0.2, 0) is 19.1 Å². The van der Waals surface area contributed by atoms with E-state index in [1.54, 1.807) is 0 Å². The van der Waals surface area contributed by atoms with Crippen LogP contribution in [0.15, 0.2) is 72.9 Å². The summed E-state index contributed by atoms with van der Waals surface area (Å²) in [6.07, 6.45) is 55.3. The molecule has 0 aliphatic heterocycles. The Kier molecular flexibility index (Phi) is 39.6. The van der Waals surface area contributed by atoms with Crippen LogP contribution in [0.2, 0.25) is 0 Å². The van der Waals surface area contributed by atoms with E-state index >= 15 is 0 Å². The molecule has 1 N–H and O–H groups in total. The molecule has 1 atom stereocenters. The highest BCUT2D eigenvalue weighted by molar-refractivity contribution is 5.70. The minimum atomic E-state index is -0.784. The van der Waals surface area contributed by atoms with Gasteiger partial charge in [-0.2, -0.15) is 0 Å². The number of allylic oxidation sites excluding steroid dienone is 12. The van der Waals surface area contributed by atoms with E-state index in [2.05, 4.69) is 86.8 Å². The van der Waals surface area contributed by atoms with Crippen molar-refractivity contribution in [3.8, 4) is 0 Å². The summed E-state index contributed by atoms with van der Waals surface area (Å²) < 4.78 is 10.6. The van der Waals surface area contributed by atoms with Gasteiger partial charge in [0.2, 0.25) is 0 Å². The second kappa shape index (κ2) is 41.8. The molecular weight excluding hydrogens is 633 g/mol. The molecule has 0 spiro atoms. The van der Waals surface area contributed by atoms with Crippen LogP contribution in [0.1, 0.15) is 187 Å². The molecule has 1 unspecified atom stereocenters. The Hall–Kier alpha value is -2.66. The predicted octanol–water partition coefficient (Wildman–Crippen LogP) is 13.3. The molecule has 5 heteroatoms. The first-order valence-corrected chi connectivity index (χ1v) is 21.0. The summed E-state index contributed by atoms with van der Waals surface area (Å²) in [6.45, 7) is 3.99. The Morgan fingerprint density at radius 3 is 1.29 bits per heavy atom. The zero-order valence-corrected chi connectivity index (χ0v) is 33.1. The van der Waals surface area contributed by atoms with Gasteiger partial charge in [0.15, 0.2) is 6.10 Å². The van der Waals surface area contributed by atoms with Crippen molar-refractivity contribution in [2.45, 2.75) is 193 Å². The number of esters is 2. The smallest absolute Gasteiger partial charge is 0.306 e. The van der Waals surface area contributed by atoms with Gasteiger partial charge in [0.25, 0.3) is 0 Å². The Labute approximate surface area is 314 Å². The molecule has 0 heterocycles. The summed E-state index contributed by atoms with van der Waals surface area (Å²) in [4.78, 5) is 24.3. The van der Waals surface area contributed by atoms with E-state index in [0.29, 0.717) is 12.8 Å². The van der Waals surface area contributed by atoms with Crippen molar-refractivity contribution in [1.82, 2.24) is 0 Å². The average Bonchev–Trinajstić information content (AvgIpc) is 3.13. The van der Waals surface area contributed by atoms with E-state index < -0.39 is 6.10 Å². The van der Waals surface area contributed by atoms with Crippen molar-refractivity contribution in [1.29, 1.82) is 0 Å². The van der Waals surface area contributed by atoms with Gasteiger partial charge in [0, 0.05) is 12.8 Å². The molecule has 51 heavy (non-hydrogen) atoms. The minimum Gasteiger partial charge on any atom is -0.462 e. The van der Waals surface area contributed by atoms with Gasteiger partial charge in [-0.15, -0.1) is 0 Å². The molecule has 0 saturated heterocycles. The van der Waals surface area contributed by atoms with Crippen LogP contribution < -0.4 is 0 Å². The van der Waals surface area contributed by atoms with E-state index in [9.17, 15) is 14.7 Å². The summed E-state index contributed by atoms with van der Waals surface area (Å²) in [5.41, 5.74) is 0. The van der Waals surface area contributed by atoms with Crippen LogP contribution in [0.4, 0.5) is 0 Å². The number of ether oxygens (including phenoxy) is 2. The van der Waals surface area contributed by atoms with Crippen LogP contribution in [0.3, 0.4) is 0 Å². The first kappa shape index (κ1) is 48.3. The summed E-state index contributed by atoms with van der Waals surface area (Å²) >= 11 is 0. The molecule has 0 aromatic carbocycles. The fourth-order valence-electron chi connectivity index (χ4n) is 5.57. The summed E-state index contributed by atoms with van der Waals surface area (Å²) in [6, 6.07) is 0. The van der Waals surface area contributed by atoms with Crippen molar-refractivity contribution in [3.63, 3.8) is 0 Å². The molecule has 0 fully saturated rings. The van der Waals surface area contributed by atoms with Crippen LogP contribution >= 0.6 is 0 Å². The topological polar surface area (TPSA) is 72.8 Å². The van der Waals surface area contributed by atoms with E-state index in [1.165, 1.54) is 77.0 Å². The minimum absolute atomic E-state index is 0.0777. The summed E-state index contributed by atoms with van der Waals surface area (Å²) in [5.74, 6) is -0.617. The average molecular weight is 711 g/mol. The second-order valence-corrected chi connectivity index (χ2v) is 13.7. The van der Waals surface area contributed by atoms with Crippen LogP contribution in [0.25, 0.3) is 0 Å². The number of aliphatic hydroxyl groups is 1. The van der Waals surface area contributed by atoms with Crippen LogP contribution in [0.5, 0.6) is 0 Å². The summed E-state index contributed by atoms with van der Waals surface area (Å²) in [5, 5.41) is 9.57. The maximum absolute atomic E-state index is 12.2. The molecule has 0 aromatic rings. The largest absolute Gasteiger partial charge is 0.462 e. The highest BCUT2D eigenvalue weighted by Gasteiger charge is 2.16. The lowest BCUT2D eigenvalue weighted by atomic mass is 10.1. The van der Waals surface area contributed by atoms with Gasteiger partial charge in [-0.3, -0.25) is 9.59 Å². The summed E-state index contributed by atoms with van der Waals surface area (Å²) in [7, 11) is 0. The molecule has 0 aliphatic carbocycles. The van der Waals surface area contributed by atoms with Crippen LogP contribution in [0, 0.1) is 0 Å². The molecule has 292 valence electrons. The Bertz CT molecular complexity index is 941. The van der Waals surface area contributed by atoms with E-state index in [4.69, 9.17) is 9.47 Å². The molecule has 0 radical (unpaired) electrons. The number of rotatable bonds is 37. The number of unbranched alkanes of at least 4 members (excludes halogenated alkanes) is 17. The van der Waals surface area contributed by atoms with E-state index in [-0.39, 0.29) is 25.2 Å². The van der Waals surface area contributed by atoms with Gasteiger partial charge in [0.05, 0.1) is 6.61 Å². The maximum atomic E-state index is 12.2. The van der Waals surface area contributed by atoms with Crippen molar-refractivity contribution in [2.75, 3.05) is 13.2 Å². The third-order valence-electron chi connectivity index (χ3n) is 8.73. The maximum Gasteiger partial charge on any atom is 0.306 e. The Morgan fingerprint density at radius 2 is 0.843 bits per heavy atom. The zero-order valence-electron chi connectivity index (χ0n) is 33.1. The zero-order chi connectivity index (χ0) is 37.1. The third-order valence-corrected chi connectivity index (χ3v) is 8.73. The van der Waals surface area contributed by atoms with Crippen molar-refractivity contribution < 1.29 is 24.2 Å². The molecule has 0 aliphatic rings. The molecule has 0 aromatic heterocycles. The number of carbonyl (C=O) groups is 2. The van der Waals surface area contributed by atoms with Crippen LogP contribution in [-0.4, -0.2) is 36.4 Å². The van der Waals surface area contributed by atoms with Gasteiger partial charge < -0.3 is 14.6 Å². The normalized spacial score (nSPS) is 12.9. The molecule has 0 amide bonds. The van der Waals surface area contributed by atoms with Gasteiger partial charge in [-0.25, -0.2) is 0 Å². The first-order chi connectivity index (χ1) is 25.1. The lowest BCUT2D eigenvalue weighted by molar-refractivity contribution is -0.161. The predicted molar refractivity (Wildman–Crippen MR) is 219 cm³/mol. The molecule has 0 bridgehead atoms. The fourth-order valence-corrected chi connectivity index (χ4v) is 5.57. The van der Waals surface area contributed by atoms with Crippen molar-refractivity contribution >= 4 is 11.9 Å². The number of carbonyl (C=O) groups excluding carboxylic acids is 2. The SMILES string of the molecule is CC/C=C\C/C=C\C/C=C\C/C=C\C/C=C\CCCCCCCCCC(=O)OC(CO)COC(=O)CCCCCCC/C=C\CCCCCCC. The lowest BCUT2D eigenvalue weighted by Gasteiger charge is -2.15. The monoisotopic (exact) mass is 711 g/mol. The van der Waals surface area contributed by atoms with Gasteiger partial charge >= 0.3 is 11.9 Å². The van der Waals surface area contributed by atoms with E-state index in [1.807, 2.05) is 0 Å². The van der Waals surface area contributed by atoms with Crippen molar-refractivity contribution in [3.05, 3.63) is 72.9 Å². The Morgan fingerprint density at radius 1 is 0.471 bits per heavy atom. The number of aliphatic hydroxyl groups excluding tert-OH is 1. The van der Waals surface area contributed by atoms with Gasteiger partial charge in [0.1, 0.15) is 6.61 Å². The molecule has 0 saturated carbocycles.